The van der Waals surface area contributed by atoms with Crippen LogP contribution in [0, 0.1) is 0 Å². The number of carbonyl (C=O) groups is 1. The van der Waals surface area contributed by atoms with Crippen LogP contribution in [0.1, 0.15) is 19.3 Å². The highest BCUT2D eigenvalue weighted by molar-refractivity contribution is 5.76. The van der Waals surface area contributed by atoms with Gasteiger partial charge in [0.2, 0.25) is 5.91 Å². The van der Waals surface area contributed by atoms with E-state index in [1.807, 2.05) is 0 Å². The summed E-state index contributed by atoms with van der Waals surface area (Å²) in [6.45, 7) is -1.57. The van der Waals surface area contributed by atoms with Gasteiger partial charge in [0.05, 0.1) is 6.54 Å². The Hall–Kier alpha value is -0.750. The molecule has 0 bridgehead atoms. The molecule has 0 spiro atoms. The van der Waals surface area contributed by atoms with Gasteiger partial charge >= 0.3 is 0 Å². The zero-order valence-corrected chi connectivity index (χ0v) is 8.43. The van der Waals surface area contributed by atoms with Crippen molar-refractivity contribution >= 4 is 5.91 Å². The lowest BCUT2D eigenvalue weighted by atomic mass is 10.3. The van der Waals surface area contributed by atoms with Crippen molar-refractivity contribution in [1.82, 2.24) is 10.6 Å². The van der Waals surface area contributed by atoms with E-state index in [1.165, 1.54) is 0 Å². The van der Waals surface area contributed by atoms with E-state index in [1.54, 1.807) is 0 Å². The molecule has 6 heteroatoms. The number of halogens is 2. The van der Waals surface area contributed by atoms with Crippen LogP contribution in [0.25, 0.3) is 0 Å². The van der Waals surface area contributed by atoms with Crippen molar-refractivity contribution in [3.63, 3.8) is 0 Å². The van der Waals surface area contributed by atoms with Crippen LogP contribution in [-0.2, 0) is 4.79 Å². The molecule has 1 aliphatic carbocycles. The molecule has 0 saturated heterocycles. The third kappa shape index (κ3) is 5.64. The number of alkyl halides is 2. The second-order valence-corrected chi connectivity index (χ2v) is 3.78. The van der Waals surface area contributed by atoms with Crippen LogP contribution in [-0.4, -0.2) is 42.7 Å². The molecule has 1 fully saturated rings. The summed E-state index contributed by atoms with van der Waals surface area (Å²) < 4.78 is 25.0. The molecular weight excluding hydrogens is 206 g/mol. The number of aliphatic hydroxyl groups excluding tert-OH is 1. The lowest BCUT2D eigenvalue weighted by molar-refractivity contribution is -0.121. The van der Waals surface area contributed by atoms with E-state index < -0.39 is 19.1 Å². The van der Waals surface area contributed by atoms with E-state index >= 15 is 0 Å². The highest BCUT2D eigenvalue weighted by atomic mass is 19.3. The topological polar surface area (TPSA) is 61.4 Å². The van der Waals surface area contributed by atoms with Crippen molar-refractivity contribution < 1.29 is 18.7 Å². The molecule has 0 aliphatic heterocycles. The van der Waals surface area contributed by atoms with Gasteiger partial charge in [-0.2, -0.15) is 0 Å². The van der Waals surface area contributed by atoms with Gasteiger partial charge in [-0.1, -0.05) is 0 Å². The molecule has 0 heterocycles. The summed E-state index contributed by atoms with van der Waals surface area (Å²) in [5.41, 5.74) is 0. The molecule has 0 aromatic carbocycles. The quantitative estimate of drug-likeness (QED) is 0.526. The molecule has 0 atom stereocenters. The Balaban J connectivity index is 1.98. The average Bonchev–Trinajstić information content (AvgIpc) is 2.96. The molecular formula is C9H16F2N2O2. The number of rotatable bonds is 7. The Morgan fingerprint density at radius 3 is 2.67 bits per heavy atom. The first-order valence-electron chi connectivity index (χ1n) is 5.02. The smallest absolute Gasteiger partial charge is 0.282 e. The molecule has 1 rings (SSSR count). The summed E-state index contributed by atoms with van der Waals surface area (Å²) in [6, 6.07) is 0.302. The van der Waals surface area contributed by atoms with Gasteiger partial charge in [-0.05, 0) is 12.8 Å². The summed E-state index contributed by atoms with van der Waals surface area (Å²) >= 11 is 0. The van der Waals surface area contributed by atoms with Gasteiger partial charge in [0.1, 0.15) is 6.61 Å². The molecule has 0 aromatic heterocycles. The minimum absolute atomic E-state index is 0.114. The first-order valence-corrected chi connectivity index (χ1v) is 5.02. The van der Waals surface area contributed by atoms with Gasteiger partial charge in [0, 0.05) is 19.0 Å². The van der Waals surface area contributed by atoms with Crippen molar-refractivity contribution in [2.45, 2.75) is 31.2 Å². The molecule has 3 N–H and O–H groups in total. The molecule has 0 radical (unpaired) electrons. The van der Waals surface area contributed by atoms with Gasteiger partial charge in [-0.15, -0.1) is 0 Å². The Kier molecular flexibility index (Phi) is 4.41. The minimum Gasteiger partial charge on any atom is -0.390 e. The normalized spacial score (nSPS) is 16.5. The highest BCUT2D eigenvalue weighted by Gasteiger charge is 2.27. The Morgan fingerprint density at radius 1 is 1.47 bits per heavy atom. The molecule has 15 heavy (non-hydrogen) atoms. The number of hydrogen-bond donors (Lipinski definition) is 3. The third-order valence-electron chi connectivity index (χ3n) is 2.09. The highest BCUT2D eigenvalue weighted by Crippen LogP contribution is 2.18. The average molecular weight is 222 g/mol. The number of amides is 1. The number of aliphatic hydroxyl groups is 1. The maximum atomic E-state index is 12.5. The van der Waals surface area contributed by atoms with Gasteiger partial charge < -0.3 is 15.7 Å². The van der Waals surface area contributed by atoms with Crippen molar-refractivity contribution in [3.8, 4) is 0 Å². The molecule has 1 aliphatic rings. The fourth-order valence-electron chi connectivity index (χ4n) is 1.06. The van der Waals surface area contributed by atoms with Crippen LogP contribution >= 0.6 is 0 Å². The van der Waals surface area contributed by atoms with Crippen LogP contribution in [0.15, 0.2) is 0 Å². The molecule has 0 unspecified atom stereocenters. The van der Waals surface area contributed by atoms with Crippen LogP contribution in [0.3, 0.4) is 0 Å². The standard InChI is InChI=1S/C9H16F2N2O2/c10-9(11,6-14)5-12-4-3-8(15)13-7-1-2-7/h7,12,14H,1-6H2,(H,13,15). The Labute approximate surface area is 87.0 Å². The van der Waals surface area contributed by atoms with E-state index in [9.17, 15) is 13.6 Å². The maximum Gasteiger partial charge on any atom is 0.282 e. The van der Waals surface area contributed by atoms with Crippen molar-refractivity contribution in [1.29, 1.82) is 0 Å². The first kappa shape index (κ1) is 12.3. The first-order chi connectivity index (χ1) is 7.03. The van der Waals surface area contributed by atoms with E-state index in [0.29, 0.717) is 6.04 Å². The lowest BCUT2D eigenvalue weighted by Crippen LogP contribution is -2.37. The van der Waals surface area contributed by atoms with Crippen molar-refractivity contribution in [3.05, 3.63) is 0 Å². The summed E-state index contributed by atoms with van der Waals surface area (Å²) in [6.07, 6.45) is 2.22. The second-order valence-electron chi connectivity index (χ2n) is 3.78. The summed E-state index contributed by atoms with van der Waals surface area (Å²) in [7, 11) is 0. The molecule has 1 saturated carbocycles. The molecule has 0 aromatic rings. The van der Waals surface area contributed by atoms with Crippen LogP contribution in [0.5, 0.6) is 0 Å². The second kappa shape index (κ2) is 5.37. The van der Waals surface area contributed by atoms with Crippen LogP contribution < -0.4 is 10.6 Å². The largest absolute Gasteiger partial charge is 0.390 e. The molecule has 4 nitrogen and oxygen atoms in total. The number of nitrogens with one attached hydrogen (secondary N) is 2. The number of hydrogen-bond acceptors (Lipinski definition) is 3. The van der Waals surface area contributed by atoms with E-state index in [2.05, 4.69) is 10.6 Å². The van der Waals surface area contributed by atoms with Gasteiger partial charge in [0.25, 0.3) is 5.92 Å². The van der Waals surface area contributed by atoms with Crippen molar-refractivity contribution in [2.24, 2.45) is 0 Å². The van der Waals surface area contributed by atoms with Gasteiger partial charge in [-0.3, -0.25) is 4.79 Å². The van der Waals surface area contributed by atoms with Gasteiger partial charge in [-0.25, -0.2) is 8.78 Å². The zero-order chi connectivity index (χ0) is 11.3. The fourth-order valence-corrected chi connectivity index (χ4v) is 1.06. The minimum atomic E-state index is -3.10. The van der Waals surface area contributed by atoms with E-state index in [4.69, 9.17) is 5.11 Å². The third-order valence-corrected chi connectivity index (χ3v) is 2.09. The zero-order valence-electron chi connectivity index (χ0n) is 8.43. The monoisotopic (exact) mass is 222 g/mol. The maximum absolute atomic E-state index is 12.5. The molecule has 88 valence electrons. The Morgan fingerprint density at radius 2 is 2.13 bits per heavy atom. The van der Waals surface area contributed by atoms with E-state index in [-0.39, 0.29) is 18.9 Å². The lowest BCUT2D eigenvalue weighted by Gasteiger charge is -2.13. The van der Waals surface area contributed by atoms with Crippen LogP contribution in [0.2, 0.25) is 0 Å². The summed E-state index contributed by atoms with van der Waals surface area (Å²) in [5.74, 6) is -3.22. The van der Waals surface area contributed by atoms with Crippen LogP contribution in [0.4, 0.5) is 8.78 Å². The Bertz CT molecular complexity index is 220. The van der Waals surface area contributed by atoms with Crippen molar-refractivity contribution in [2.75, 3.05) is 19.7 Å². The summed E-state index contributed by atoms with van der Waals surface area (Å²) in [4.78, 5) is 11.1. The SMILES string of the molecule is O=C(CCNCC(F)(F)CO)NC1CC1. The number of carbonyl (C=O) groups excluding carboxylic acids is 1. The van der Waals surface area contributed by atoms with E-state index in [0.717, 1.165) is 12.8 Å². The predicted octanol–water partition coefficient (Wildman–Crippen LogP) is -0.128. The van der Waals surface area contributed by atoms with Gasteiger partial charge in [0.15, 0.2) is 0 Å². The molecule has 1 amide bonds. The fraction of sp³-hybridized carbons (Fsp3) is 0.889. The summed E-state index contributed by atoms with van der Waals surface area (Å²) in [5, 5.41) is 13.4. The predicted molar refractivity (Wildman–Crippen MR) is 50.7 cm³/mol.